The number of thiol groups is 1. The average Bonchev–Trinajstić information content (AvgIpc) is 1.90. The van der Waals surface area contributed by atoms with Crippen molar-refractivity contribution in [1.82, 2.24) is 5.32 Å². The molecule has 0 bridgehead atoms. The largest absolute Gasteiger partial charge is 0.241 e. The maximum Gasteiger partial charge on any atom is 0.0169 e. The molecule has 1 radical (unpaired) electrons. The Morgan fingerprint density at radius 3 is 2.88 bits per heavy atom. The van der Waals surface area contributed by atoms with Crippen molar-refractivity contribution in [1.29, 1.82) is 0 Å². The highest BCUT2D eigenvalue weighted by Gasteiger charge is 2.10. The summed E-state index contributed by atoms with van der Waals surface area (Å²) >= 11 is 4.20. The van der Waals surface area contributed by atoms with E-state index in [0.717, 1.165) is 24.8 Å². The van der Waals surface area contributed by atoms with Crippen molar-refractivity contribution in [2.75, 3.05) is 18.8 Å². The zero-order valence-electron chi connectivity index (χ0n) is 5.01. The predicted molar refractivity (Wildman–Crippen MR) is 38.4 cm³/mol. The van der Waals surface area contributed by atoms with Gasteiger partial charge in [0.15, 0.2) is 0 Å². The second-order valence-electron chi connectivity index (χ2n) is 2.32. The van der Waals surface area contributed by atoms with Crippen molar-refractivity contribution in [3.63, 3.8) is 0 Å². The minimum atomic E-state index is 0.784. The lowest BCUT2D eigenvalue weighted by atomic mass is 10.0. The summed E-state index contributed by atoms with van der Waals surface area (Å²) in [6.45, 7) is 2.15. The first-order valence-electron chi connectivity index (χ1n) is 3.17. The molecule has 1 atom stereocenters. The Morgan fingerprint density at radius 2 is 2.50 bits per heavy atom. The van der Waals surface area contributed by atoms with Crippen LogP contribution in [0.2, 0.25) is 0 Å². The lowest BCUT2D eigenvalue weighted by molar-refractivity contribution is 0.404. The number of hydrogen-bond acceptors (Lipinski definition) is 1. The summed E-state index contributed by atoms with van der Waals surface area (Å²) in [5.41, 5.74) is 0. The Balaban J connectivity index is 2.13. The lowest BCUT2D eigenvalue weighted by Crippen LogP contribution is -2.25. The van der Waals surface area contributed by atoms with Gasteiger partial charge in [0, 0.05) is 13.1 Å². The Bertz CT molecular complexity index is 59.5. The SMILES string of the molecule is SCC1CCC[N]C1. The number of rotatable bonds is 1. The van der Waals surface area contributed by atoms with Crippen molar-refractivity contribution in [3.8, 4) is 0 Å². The molecule has 1 fully saturated rings. The van der Waals surface area contributed by atoms with Crippen LogP contribution in [0.25, 0.3) is 0 Å². The zero-order chi connectivity index (χ0) is 5.82. The van der Waals surface area contributed by atoms with Crippen molar-refractivity contribution in [2.24, 2.45) is 5.92 Å². The third kappa shape index (κ3) is 1.67. The molecule has 1 aliphatic rings. The molecule has 2 heteroatoms. The van der Waals surface area contributed by atoms with Gasteiger partial charge in [-0.05, 0) is 24.5 Å². The fourth-order valence-corrected chi connectivity index (χ4v) is 1.30. The van der Waals surface area contributed by atoms with Crippen LogP contribution in [0.1, 0.15) is 12.8 Å². The van der Waals surface area contributed by atoms with Crippen molar-refractivity contribution >= 4 is 12.6 Å². The van der Waals surface area contributed by atoms with E-state index in [1.807, 2.05) is 0 Å². The lowest BCUT2D eigenvalue weighted by Gasteiger charge is -2.18. The van der Waals surface area contributed by atoms with Gasteiger partial charge in [0.2, 0.25) is 0 Å². The highest BCUT2D eigenvalue weighted by atomic mass is 32.1. The van der Waals surface area contributed by atoms with Crippen molar-refractivity contribution < 1.29 is 0 Å². The fraction of sp³-hybridized carbons (Fsp3) is 1.00. The summed E-state index contributed by atoms with van der Waals surface area (Å²) in [7, 11) is 0. The molecule has 1 aliphatic heterocycles. The van der Waals surface area contributed by atoms with E-state index in [1.165, 1.54) is 12.8 Å². The monoisotopic (exact) mass is 130 g/mol. The third-order valence-electron chi connectivity index (χ3n) is 1.57. The summed E-state index contributed by atoms with van der Waals surface area (Å²) in [5.74, 6) is 1.80. The van der Waals surface area contributed by atoms with Gasteiger partial charge in [-0.3, -0.25) is 0 Å². The van der Waals surface area contributed by atoms with E-state index in [9.17, 15) is 0 Å². The minimum Gasteiger partial charge on any atom is -0.241 e. The molecule has 47 valence electrons. The standard InChI is InChI=1S/C6H12NS/c8-5-6-2-1-3-7-4-6/h6,8H,1-5H2. The zero-order valence-corrected chi connectivity index (χ0v) is 5.90. The van der Waals surface area contributed by atoms with E-state index in [1.54, 1.807) is 0 Å². The molecule has 1 nitrogen and oxygen atoms in total. The normalized spacial score (nSPS) is 30.4. The van der Waals surface area contributed by atoms with Crippen LogP contribution in [0.3, 0.4) is 0 Å². The van der Waals surface area contributed by atoms with Crippen LogP contribution in [-0.4, -0.2) is 18.8 Å². The summed E-state index contributed by atoms with van der Waals surface area (Å²) < 4.78 is 0. The summed E-state index contributed by atoms with van der Waals surface area (Å²) in [6.07, 6.45) is 2.62. The molecule has 1 rings (SSSR count). The fourth-order valence-electron chi connectivity index (χ4n) is 1.01. The van der Waals surface area contributed by atoms with Gasteiger partial charge in [0.25, 0.3) is 0 Å². The molecule has 0 aliphatic carbocycles. The van der Waals surface area contributed by atoms with Gasteiger partial charge in [-0.1, -0.05) is 0 Å². The molecule has 8 heavy (non-hydrogen) atoms. The Hall–Kier alpha value is 0.310. The Kier molecular flexibility index (Phi) is 2.70. The van der Waals surface area contributed by atoms with Crippen LogP contribution in [0, 0.1) is 5.92 Å². The molecular formula is C6H12NS. The molecule has 0 N–H and O–H groups in total. The van der Waals surface area contributed by atoms with E-state index in [0.29, 0.717) is 0 Å². The number of nitrogens with zero attached hydrogens (tertiary/aromatic N) is 1. The van der Waals surface area contributed by atoms with Crippen molar-refractivity contribution in [3.05, 3.63) is 0 Å². The second kappa shape index (κ2) is 3.36. The molecule has 1 unspecified atom stereocenters. The molecule has 0 saturated carbocycles. The van der Waals surface area contributed by atoms with Gasteiger partial charge in [-0.25, -0.2) is 5.32 Å². The number of hydrogen-bond donors (Lipinski definition) is 1. The van der Waals surface area contributed by atoms with E-state index >= 15 is 0 Å². The molecule has 1 saturated heterocycles. The summed E-state index contributed by atoms with van der Waals surface area (Å²) in [6, 6.07) is 0. The van der Waals surface area contributed by atoms with Crippen LogP contribution in [0.5, 0.6) is 0 Å². The van der Waals surface area contributed by atoms with Gasteiger partial charge in [0.1, 0.15) is 0 Å². The summed E-state index contributed by atoms with van der Waals surface area (Å²) in [4.78, 5) is 0. The smallest absolute Gasteiger partial charge is 0.0169 e. The molecular weight excluding hydrogens is 118 g/mol. The molecule has 0 amide bonds. The highest BCUT2D eigenvalue weighted by Crippen LogP contribution is 2.11. The highest BCUT2D eigenvalue weighted by molar-refractivity contribution is 7.80. The van der Waals surface area contributed by atoms with E-state index in [2.05, 4.69) is 17.9 Å². The quantitative estimate of drug-likeness (QED) is 0.508. The summed E-state index contributed by atoms with van der Waals surface area (Å²) in [5, 5.41) is 4.28. The first kappa shape index (κ1) is 6.43. The van der Waals surface area contributed by atoms with E-state index < -0.39 is 0 Å². The van der Waals surface area contributed by atoms with Gasteiger partial charge in [0.05, 0.1) is 0 Å². The van der Waals surface area contributed by atoms with Crippen LogP contribution in [-0.2, 0) is 0 Å². The van der Waals surface area contributed by atoms with Gasteiger partial charge < -0.3 is 0 Å². The topological polar surface area (TPSA) is 14.1 Å². The first-order chi connectivity index (χ1) is 3.93. The Labute approximate surface area is 56.3 Å². The number of piperidine rings is 1. The average molecular weight is 130 g/mol. The van der Waals surface area contributed by atoms with E-state index in [-0.39, 0.29) is 0 Å². The van der Waals surface area contributed by atoms with Gasteiger partial charge >= 0.3 is 0 Å². The molecule has 0 aromatic rings. The van der Waals surface area contributed by atoms with Crippen LogP contribution in [0.15, 0.2) is 0 Å². The maximum atomic E-state index is 4.28. The Morgan fingerprint density at radius 1 is 1.62 bits per heavy atom. The molecule has 1 heterocycles. The van der Waals surface area contributed by atoms with Gasteiger partial charge in [-0.15, -0.1) is 0 Å². The predicted octanol–water partition coefficient (Wildman–Crippen LogP) is 0.931. The van der Waals surface area contributed by atoms with Crippen LogP contribution >= 0.6 is 12.6 Å². The molecule has 0 aromatic heterocycles. The van der Waals surface area contributed by atoms with Crippen molar-refractivity contribution in [2.45, 2.75) is 12.8 Å². The maximum absolute atomic E-state index is 4.28. The van der Waals surface area contributed by atoms with E-state index in [4.69, 9.17) is 0 Å². The first-order valence-corrected chi connectivity index (χ1v) is 3.81. The van der Waals surface area contributed by atoms with Crippen LogP contribution in [0.4, 0.5) is 0 Å². The molecule has 0 spiro atoms. The van der Waals surface area contributed by atoms with Gasteiger partial charge in [-0.2, -0.15) is 12.6 Å². The second-order valence-corrected chi connectivity index (χ2v) is 2.69. The third-order valence-corrected chi connectivity index (χ3v) is 2.09. The minimum absolute atomic E-state index is 0.784. The van der Waals surface area contributed by atoms with Crippen LogP contribution < -0.4 is 5.32 Å². The molecule has 0 aromatic carbocycles.